The van der Waals surface area contributed by atoms with Crippen molar-refractivity contribution in [1.29, 1.82) is 0 Å². The fraction of sp³-hybridized carbons (Fsp3) is 0.250. The highest BCUT2D eigenvalue weighted by atomic mass is 79.9. The SMILES string of the molecule is CNC(Cc1ccc(F)cc1C)c1cc(Cl)cc(Br)c1. The normalized spacial score (nSPS) is 12.4. The van der Waals surface area contributed by atoms with Crippen LogP contribution in [0.4, 0.5) is 4.39 Å². The van der Waals surface area contributed by atoms with Crippen molar-refractivity contribution in [2.24, 2.45) is 0 Å². The summed E-state index contributed by atoms with van der Waals surface area (Å²) >= 11 is 9.56. The van der Waals surface area contributed by atoms with Gasteiger partial charge in [0.25, 0.3) is 0 Å². The van der Waals surface area contributed by atoms with E-state index in [0.717, 1.165) is 27.6 Å². The number of hydrogen-bond acceptors (Lipinski definition) is 1. The number of likely N-dealkylation sites (N-methyl/N-ethyl adjacent to an activating group) is 1. The van der Waals surface area contributed by atoms with Gasteiger partial charge in [0.05, 0.1) is 0 Å². The first-order valence-corrected chi connectivity index (χ1v) is 7.55. The highest BCUT2D eigenvalue weighted by Gasteiger charge is 2.13. The summed E-state index contributed by atoms with van der Waals surface area (Å²) in [5.41, 5.74) is 3.20. The maximum absolute atomic E-state index is 13.2. The van der Waals surface area contributed by atoms with E-state index in [1.807, 2.05) is 38.2 Å². The third kappa shape index (κ3) is 3.81. The molecule has 0 aliphatic carbocycles. The minimum Gasteiger partial charge on any atom is -0.313 e. The number of aryl methyl sites for hydroxylation is 1. The lowest BCUT2D eigenvalue weighted by molar-refractivity contribution is 0.586. The molecule has 0 fully saturated rings. The van der Waals surface area contributed by atoms with Crippen molar-refractivity contribution in [2.75, 3.05) is 7.05 Å². The summed E-state index contributed by atoms with van der Waals surface area (Å²) in [6.07, 6.45) is 0.787. The van der Waals surface area contributed by atoms with Gasteiger partial charge in [-0.05, 0) is 67.4 Å². The Morgan fingerprint density at radius 3 is 2.60 bits per heavy atom. The summed E-state index contributed by atoms with van der Waals surface area (Å²) in [6.45, 7) is 1.93. The molecule has 0 heterocycles. The van der Waals surface area contributed by atoms with Gasteiger partial charge in [-0.15, -0.1) is 0 Å². The standard InChI is InChI=1S/C16H16BrClFN/c1-10-5-15(19)4-3-11(10)8-16(20-2)12-6-13(17)9-14(18)7-12/h3-7,9,16,20H,8H2,1-2H3. The monoisotopic (exact) mass is 355 g/mol. The fourth-order valence-corrected chi connectivity index (χ4v) is 3.16. The van der Waals surface area contributed by atoms with E-state index in [4.69, 9.17) is 11.6 Å². The second-order valence-corrected chi connectivity index (χ2v) is 6.17. The molecule has 0 aliphatic heterocycles. The molecule has 2 rings (SSSR count). The first-order valence-electron chi connectivity index (χ1n) is 6.38. The third-order valence-corrected chi connectivity index (χ3v) is 4.04. The summed E-state index contributed by atoms with van der Waals surface area (Å²) in [6, 6.07) is 10.9. The van der Waals surface area contributed by atoms with Gasteiger partial charge in [-0.1, -0.05) is 33.6 Å². The summed E-state index contributed by atoms with van der Waals surface area (Å²) in [5, 5.41) is 3.99. The molecule has 0 saturated carbocycles. The molecule has 1 unspecified atom stereocenters. The van der Waals surface area contributed by atoms with Crippen molar-refractivity contribution < 1.29 is 4.39 Å². The topological polar surface area (TPSA) is 12.0 Å². The van der Waals surface area contributed by atoms with Crippen molar-refractivity contribution in [2.45, 2.75) is 19.4 Å². The number of hydrogen-bond donors (Lipinski definition) is 1. The van der Waals surface area contributed by atoms with Gasteiger partial charge < -0.3 is 5.32 Å². The lowest BCUT2D eigenvalue weighted by atomic mass is 9.96. The van der Waals surface area contributed by atoms with Crippen LogP contribution in [0.15, 0.2) is 40.9 Å². The van der Waals surface area contributed by atoms with E-state index in [0.29, 0.717) is 5.02 Å². The summed E-state index contributed by atoms with van der Waals surface area (Å²) in [5.74, 6) is -0.197. The van der Waals surface area contributed by atoms with E-state index >= 15 is 0 Å². The van der Waals surface area contributed by atoms with Gasteiger partial charge in [0.15, 0.2) is 0 Å². The molecule has 1 atom stereocenters. The Morgan fingerprint density at radius 1 is 1.25 bits per heavy atom. The summed E-state index contributed by atoms with van der Waals surface area (Å²) in [7, 11) is 1.92. The Labute approximate surface area is 132 Å². The van der Waals surface area contributed by atoms with Crippen LogP contribution in [0, 0.1) is 12.7 Å². The Kier molecular flexibility index (Phi) is 5.19. The molecule has 0 radical (unpaired) electrons. The van der Waals surface area contributed by atoms with Crippen molar-refractivity contribution in [3.05, 3.63) is 68.4 Å². The molecule has 106 valence electrons. The minimum atomic E-state index is -0.197. The lowest BCUT2D eigenvalue weighted by Gasteiger charge is -2.19. The van der Waals surface area contributed by atoms with Gasteiger partial charge in [-0.3, -0.25) is 0 Å². The van der Waals surface area contributed by atoms with E-state index in [1.165, 1.54) is 6.07 Å². The zero-order chi connectivity index (χ0) is 14.7. The van der Waals surface area contributed by atoms with Gasteiger partial charge in [-0.2, -0.15) is 0 Å². The molecule has 0 aliphatic rings. The van der Waals surface area contributed by atoms with Crippen molar-refractivity contribution >= 4 is 27.5 Å². The predicted molar refractivity (Wildman–Crippen MR) is 85.8 cm³/mol. The Balaban J connectivity index is 2.28. The number of rotatable bonds is 4. The summed E-state index contributed by atoms with van der Waals surface area (Å²) in [4.78, 5) is 0. The molecular formula is C16H16BrClFN. The van der Waals surface area contributed by atoms with Crippen molar-refractivity contribution in [3.8, 4) is 0 Å². The maximum Gasteiger partial charge on any atom is 0.123 e. The second kappa shape index (κ2) is 6.70. The summed E-state index contributed by atoms with van der Waals surface area (Å²) < 4.78 is 14.1. The highest BCUT2D eigenvalue weighted by molar-refractivity contribution is 9.10. The van der Waals surface area contributed by atoms with E-state index in [1.54, 1.807) is 6.07 Å². The lowest BCUT2D eigenvalue weighted by Crippen LogP contribution is -2.19. The molecule has 0 bridgehead atoms. The van der Waals surface area contributed by atoms with Gasteiger partial charge >= 0.3 is 0 Å². The molecule has 4 heteroatoms. The van der Waals surface area contributed by atoms with Crippen molar-refractivity contribution in [1.82, 2.24) is 5.32 Å². The Bertz CT molecular complexity index is 595. The molecule has 0 amide bonds. The maximum atomic E-state index is 13.2. The molecule has 20 heavy (non-hydrogen) atoms. The van der Waals surface area contributed by atoms with Crippen LogP contribution in [-0.4, -0.2) is 7.05 Å². The van der Waals surface area contributed by atoms with Crippen LogP contribution in [0.1, 0.15) is 22.7 Å². The van der Waals surface area contributed by atoms with Crippen LogP contribution >= 0.6 is 27.5 Å². The quantitative estimate of drug-likeness (QED) is 0.808. The molecule has 2 aromatic carbocycles. The molecule has 0 aromatic heterocycles. The van der Waals surface area contributed by atoms with Crippen LogP contribution in [-0.2, 0) is 6.42 Å². The largest absolute Gasteiger partial charge is 0.313 e. The second-order valence-electron chi connectivity index (χ2n) is 4.82. The Hall–Kier alpha value is -0.900. The van der Waals surface area contributed by atoms with Gasteiger partial charge in [0.1, 0.15) is 5.82 Å². The van der Waals surface area contributed by atoms with E-state index in [2.05, 4.69) is 21.2 Å². The average molecular weight is 357 g/mol. The number of nitrogens with one attached hydrogen (secondary N) is 1. The molecule has 1 nitrogen and oxygen atoms in total. The highest BCUT2D eigenvalue weighted by Crippen LogP contribution is 2.26. The van der Waals surface area contributed by atoms with E-state index in [9.17, 15) is 4.39 Å². The van der Waals surface area contributed by atoms with Crippen LogP contribution < -0.4 is 5.32 Å². The average Bonchev–Trinajstić information content (AvgIpc) is 2.36. The molecule has 0 saturated heterocycles. The Morgan fingerprint density at radius 2 is 2.00 bits per heavy atom. The van der Waals surface area contributed by atoms with Crippen molar-refractivity contribution in [3.63, 3.8) is 0 Å². The third-order valence-electron chi connectivity index (χ3n) is 3.36. The first-order chi connectivity index (χ1) is 9.49. The molecule has 1 N–H and O–H groups in total. The zero-order valence-electron chi connectivity index (χ0n) is 11.4. The van der Waals surface area contributed by atoms with Crippen LogP contribution in [0.3, 0.4) is 0 Å². The van der Waals surface area contributed by atoms with E-state index in [-0.39, 0.29) is 11.9 Å². The number of halogens is 3. The molecular weight excluding hydrogens is 341 g/mol. The van der Waals surface area contributed by atoms with Crippen LogP contribution in [0.5, 0.6) is 0 Å². The first kappa shape index (κ1) is 15.5. The van der Waals surface area contributed by atoms with Gasteiger partial charge in [0, 0.05) is 15.5 Å². The zero-order valence-corrected chi connectivity index (χ0v) is 13.7. The predicted octanol–water partition coefficient (Wildman–Crippen LogP) is 5.05. The minimum absolute atomic E-state index is 0.133. The number of benzene rings is 2. The molecule has 2 aromatic rings. The van der Waals surface area contributed by atoms with Crippen LogP contribution in [0.2, 0.25) is 5.02 Å². The fourth-order valence-electron chi connectivity index (χ4n) is 2.27. The smallest absolute Gasteiger partial charge is 0.123 e. The molecule has 0 spiro atoms. The van der Waals surface area contributed by atoms with Crippen LogP contribution in [0.25, 0.3) is 0 Å². The van der Waals surface area contributed by atoms with E-state index < -0.39 is 0 Å². The van der Waals surface area contributed by atoms with Gasteiger partial charge in [0.2, 0.25) is 0 Å². The van der Waals surface area contributed by atoms with Gasteiger partial charge in [-0.25, -0.2) is 4.39 Å².